The van der Waals surface area contributed by atoms with Crippen LogP contribution in [-0.4, -0.2) is 15.9 Å². The molecule has 0 saturated carbocycles. The number of rotatable bonds is 2. The molecule has 0 fully saturated rings. The number of hydrogen-bond acceptors (Lipinski definition) is 3. The Kier molecular flexibility index (Phi) is 3.19. The van der Waals surface area contributed by atoms with Crippen molar-refractivity contribution in [2.45, 2.75) is 0 Å². The molecule has 2 heterocycles. The lowest BCUT2D eigenvalue weighted by molar-refractivity contribution is 0.102. The fourth-order valence-electron chi connectivity index (χ4n) is 1.89. The van der Waals surface area contributed by atoms with E-state index in [1.54, 1.807) is 18.2 Å². The summed E-state index contributed by atoms with van der Waals surface area (Å²) >= 11 is 0. The number of halogens is 1. The van der Waals surface area contributed by atoms with Gasteiger partial charge in [0.05, 0.1) is 0 Å². The summed E-state index contributed by atoms with van der Waals surface area (Å²) < 4.78 is 12.8. The van der Waals surface area contributed by atoms with Crippen molar-refractivity contribution in [3.05, 3.63) is 70.3 Å². The van der Waals surface area contributed by atoms with E-state index >= 15 is 0 Å². The third-order valence-corrected chi connectivity index (χ3v) is 2.93. The molecule has 104 valence electrons. The first kappa shape index (κ1) is 13.0. The van der Waals surface area contributed by atoms with Gasteiger partial charge in [0.2, 0.25) is 5.56 Å². The summed E-state index contributed by atoms with van der Waals surface area (Å²) in [5.74, 6) is -0.508. The molecule has 0 aliphatic carbocycles. The maximum Gasteiger partial charge on any atom is 0.256 e. The second-order valence-corrected chi connectivity index (χ2v) is 4.42. The Morgan fingerprint density at radius 1 is 1.05 bits per heavy atom. The molecule has 1 amide bonds. The number of amides is 1. The van der Waals surface area contributed by atoms with Gasteiger partial charge in [0.1, 0.15) is 17.3 Å². The van der Waals surface area contributed by atoms with Gasteiger partial charge in [-0.25, -0.2) is 9.37 Å². The van der Waals surface area contributed by atoms with E-state index in [9.17, 15) is 14.0 Å². The Balaban J connectivity index is 1.89. The van der Waals surface area contributed by atoms with Gasteiger partial charge in [-0.3, -0.25) is 9.59 Å². The van der Waals surface area contributed by atoms with Crippen LogP contribution < -0.4 is 10.9 Å². The van der Waals surface area contributed by atoms with Gasteiger partial charge in [-0.2, -0.15) is 0 Å². The SMILES string of the molecule is O=C(Nc1ccc2ccc(=O)[nH]c2n1)c1ccc(F)cc1. The monoisotopic (exact) mass is 283 g/mol. The van der Waals surface area contributed by atoms with Gasteiger partial charge in [0.15, 0.2) is 0 Å². The molecule has 21 heavy (non-hydrogen) atoms. The molecule has 1 aromatic carbocycles. The average molecular weight is 283 g/mol. The van der Waals surface area contributed by atoms with Gasteiger partial charge >= 0.3 is 0 Å². The van der Waals surface area contributed by atoms with Crippen molar-refractivity contribution in [1.29, 1.82) is 0 Å². The number of nitrogens with one attached hydrogen (secondary N) is 2. The molecule has 0 aliphatic rings. The fourth-order valence-corrected chi connectivity index (χ4v) is 1.89. The largest absolute Gasteiger partial charge is 0.307 e. The molecule has 0 aliphatic heterocycles. The van der Waals surface area contributed by atoms with Crippen molar-refractivity contribution >= 4 is 22.8 Å². The van der Waals surface area contributed by atoms with Crippen LogP contribution >= 0.6 is 0 Å². The van der Waals surface area contributed by atoms with E-state index in [1.165, 1.54) is 30.3 Å². The molecule has 2 N–H and O–H groups in total. The van der Waals surface area contributed by atoms with Crippen molar-refractivity contribution in [2.24, 2.45) is 0 Å². The van der Waals surface area contributed by atoms with Crippen LogP contribution in [0.3, 0.4) is 0 Å². The third-order valence-electron chi connectivity index (χ3n) is 2.93. The summed E-state index contributed by atoms with van der Waals surface area (Å²) in [6, 6.07) is 11.6. The van der Waals surface area contributed by atoms with Gasteiger partial charge in [-0.05, 0) is 42.5 Å². The van der Waals surface area contributed by atoms with E-state index in [0.717, 1.165) is 5.39 Å². The number of carbonyl (C=O) groups is 1. The van der Waals surface area contributed by atoms with Crippen LogP contribution in [0.15, 0.2) is 53.3 Å². The topological polar surface area (TPSA) is 74.8 Å². The number of hydrogen-bond donors (Lipinski definition) is 2. The standard InChI is InChI=1S/C15H10FN3O2/c16-11-5-1-10(2-6-11)15(21)18-12-7-3-9-4-8-13(20)19-14(9)17-12/h1-8H,(H2,17,18,19,20,21). The van der Waals surface area contributed by atoms with E-state index in [2.05, 4.69) is 15.3 Å². The maximum absolute atomic E-state index is 12.8. The number of fused-ring (bicyclic) bond motifs is 1. The number of aromatic nitrogens is 2. The Morgan fingerprint density at radius 2 is 1.76 bits per heavy atom. The Labute approximate surface area is 118 Å². The third kappa shape index (κ3) is 2.79. The highest BCUT2D eigenvalue weighted by atomic mass is 19.1. The Morgan fingerprint density at radius 3 is 2.52 bits per heavy atom. The van der Waals surface area contributed by atoms with E-state index in [1.807, 2.05) is 0 Å². The van der Waals surface area contributed by atoms with Gasteiger partial charge in [0, 0.05) is 17.0 Å². The molecule has 0 saturated heterocycles. The molecular weight excluding hydrogens is 273 g/mol. The van der Waals surface area contributed by atoms with Gasteiger partial charge in [-0.1, -0.05) is 0 Å². The Hall–Kier alpha value is -3.02. The molecule has 6 heteroatoms. The lowest BCUT2D eigenvalue weighted by Gasteiger charge is -2.05. The maximum atomic E-state index is 12.8. The number of benzene rings is 1. The summed E-state index contributed by atoms with van der Waals surface area (Å²) in [5.41, 5.74) is 0.441. The normalized spacial score (nSPS) is 10.5. The van der Waals surface area contributed by atoms with Crippen LogP contribution in [0.2, 0.25) is 0 Å². The van der Waals surface area contributed by atoms with Crippen LogP contribution in [0, 0.1) is 5.82 Å². The van der Waals surface area contributed by atoms with Crippen LogP contribution in [0.1, 0.15) is 10.4 Å². The summed E-state index contributed by atoms with van der Waals surface area (Å²) in [6.45, 7) is 0. The summed E-state index contributed by atoms with van der Waals surface area (Å²) in [6.07, 6.45) is 0. The predicted octanol–water partition coefficient (Wildman–Crippen LogP) is 2.31. The molecular formula is C15H10FN3O2. The minimum Gasteiger partial charge on any atom is -0.307 e. The quantitative estimate of drug-likeness (QED) is 0.758. The van der Waals surface area contributed by atoms with Crippen molar-refractivity contribution in [2.75, 3.05) is 5.32 Å². The number of H-pyrrole nitrogens is 1. The van der Waals surface area contributed by atoms with Crippen molar-refractivity contribution in [3.8, 4) is 0 Å². The number of anilines is 1. The highest BCUT2D eigenvalue weighted by Crippen LogP contribution is 2.12. The number of pyridine rings is 2. The number of aromatic amines is 1. The first-order valence-electron chi connectivity index (χ1n) is 6.19. The summed E-state index contributed by atoms with van der Waals surface area (Å²) in [7, 11) is 0. The lowest BCUT2D eigenvalue weighted by Crippen LogP contribution is -2.13. The second-order valence-electron chi connectivity index (χ2n) is 4.42. The molecule has 3 rings (SSSR count). The van der Waals surface area contributed by atoms with Gasteiger partial charge in [0.25, 0.3) is 5.91 Å². The zero-order valence-corrected chi connectivity index (χ0v) is 10.8. The Bertz CT molecular complexity index is 872. The van der Waals surface area contributed by atoms with E-state index in [-0.39, 0.29) is 5.56 Å². The molecule has 2 aromatic heterocycles. The highest BCUT2D eigenvalue weighted by molar-refractivity contribution is 6.04. The predicted molar refractivity (Wildman–Crippen MR) is 76.7 cm³/mol. The molecule has 0 bridgehead atoms. The molecule has 5 nitrogen and oxygen atoms in total. The summed E-state index contributed by atoms with van der Waals surface area (Å²) in [5, 5.41) is 3.35. The minimum atomic E-state index is -0.409. The molecule has 0 atom stereocenters. The number of nitrogens with zero attached hydrogens (tertiary/aromatic N) is 1. The zero-order valence-electron chi connectivity index (χ0n) is 10.8. The lowest BCUT2D eigenvalue weighted by atomic mass is 10.2. The van der Waals surface area contributed by atoms with E-state index in [4.69, 9.17) is 0 Å². The smallest absolute Gasteiger partial charge is 0.256 e. The van der Waals surface area contributed by atoms with Crippen molar-refractivity contribution in [1.82, 2.24) is 9.97 Å². The van der Waals surface area contributed by atoms with Gasteiger partial charge in [-0.15, -0.1) is 0 Å². The number of carbonyl (C=O) groups excluding carboxylic acids is 1. The van der Waals surface area contributed by atoms with Crippen LogP contribution in [0.5, 0.6) is 0 Å². The van der Waals surface area contributed by atoms with Crippen LogP contribution in [0.25, 0.3) is 11.0 Å². The van der Waals surface area contributed by atoms with Crippen molar-refractivity contribution < 1.29 is 9.18 Å². The average Bonchev–Trinajstić information content (AvgIpc) is 2.47. The molecule has 0 spiro atoms. The zero-order chi connectivity index (χ0) is 14.8. The minimum absolute atomic E-state index is 0.267. The van der Waals surface area contributed by atoms with E-state index in [0.29, 0.717) is 17.0 Å². The molecule has 0 unspecified atom stereocenters. The highest BCUT2D eigenvalue weighted by Gasteiger charge is 2.07. The van der Waals surface area contributed by atoms with E-state index < -0.39 is 11.7 Å². The van der Waals surface area contributed by atoms with Crippen molar-refractivity contribution in [3.63, 3.8) is 0 Å². The first-order chi connectivity index (χ1) is 10.1. The van der Waals surface area contributed by atoms with Crippen LogP contribution in [0.4, 0.5) is 10.2 Å². The van der Waals surface area contributed by atoms with Crippen LogP contribution in [-0.2, 0) is 0 Å². The fraction of sp³-hybridized carbons (Fsp3) is 0. The second kappa shape index (κ2) is 5.16. The molecule has 0 radical (unpaired) electrons. The van der Waals surface area contributed by atoms with Gasteiger partial charge < -0.3 is 10.3 Å². The first-order valence-corrected chi connectivity index (χ1v) is 6.19. The molecule has 3 aromatic rings. The summed E-state index contributed by atoms with van der Waals surface area (Å²) in [4.78, 5) is 30.0.